The molecule has 3 aromatic carbocycles. The fraction of sp³-hybridized carbons (Fsp3) is 0.267. The Bertz CT molecular complexity index is 1360. The molecule has 1 heterocycles. The molecule has 1 aliphatic rings. The predicted octanol–water partition coefficient (Wildman–Crippen LogP) is 5.56. The van der Waals surface area contributed by atoms with Gasteiger partial charge < -0.3 is 15.2 Å². The summed E-state index contributed by atoms with van der Waals surface area (Å²) in [6, 6.07) is 17.9. The Hall–Kier alpha value is -4.26. The Balaban J connectivity index is 1.77. The molecule has 0 bridgehead atoms. The van der Waals surface area contributed by atoms with Gasteiger partial charge in [0.15, 0.2) is 5.78 Å². The van der Waals surface area contributed by atoms with Gasteiger partial charge in [-0.2, -0.15) is 0 Å². The summed E-state index contributed by atoms with van der Waals surface area (Å²) >= 11 is 0. The van der Waals surface area contributed by atoms with Crippen LogP contribution in [0.3, 0.4) is 0 Å². The van der Waals surface area contributed by atoms with Crippen LogP contribution in [-0.4, -0.2) is 28.5 Å². The number of ketones is 2. The van der Waals surface area contributed by atoms with E-state index in [2.05, 4.69) is 5.32 Å². The molecule has 0 spiro atoms. The Morgan fingerprint density at radius 2 is 1.43 bits per heavy atom. The number of ether oxygens (including phenoxy) is 1. The van der Waals surface area contributed by atoms with Gasteiger partial charge in [-0.1, -0.05) is 76.2 Å². The van der Waals surface area contributed by atoms with Gasteiger partial charge in [0.25, 0.3) is 5.91 Å². The van der Waals surface area contributed by atoms with Gasteiger partial charge in [0.2, 0.25) is 5.78 Å². The molecule has 1 amide bonds. The van der Waals surface area contributed by atoms with E-state index in [9.17, 15) is 24.3 Å². The van der Waals surface area contributed by atoms with E-state index in [1.165, 1.54) is 30.3 Å². The van der Waals surface area contributed by atoms with Crippen LogP contribution in [0.1, 0.15) is 83.0 Å². The number of hydrogen-bond donors (Lipinski definition) is 2. The van der Waals surface area contributed by atoms with Crippen LogP contribution in [0.4, 0.5) is 5.69 Å². The van der Waals surface area contributed by atoms with Crippen LogP contribution in [0.15, 0.2) is 66.7 Å². The van der Waals surface area contributed by atoms with Crippen molar-refractivity contribution in [3.8, 4) is 5.75 Å². The Kier molecular flexibility index (Phi) is 7.25. The van der Waals surface area contributed by atoms with Crippen molar-refractivity contribution >= 4 is 29.1 Å². The number of carbonyl (C=O) groups is 4. The molecule has 4 rings (SSSR count). The van der Waals surface area contributed by atoms with E-state index in [4.69, 9.17) is 4.74 Å². The van der Waals surface area contributed by atoms with Gasteiger partial charge in [0.1, 0.15) is 17.8 Å². The topological polar surface area (TPSA) is 110 Å². The average molecular weight is 500 g/mol. The summed E-state index contributed by atoms with van der Waals surface area (Å²) in [5, 5.41) is 13.1. The minimum atomic E-state index is -1.69. The highest BCUT2D eigenvalue weighted by molar-refractivity contribution is 6.45. The number of esters is 1. The van der Waals surface area contributed by atoms with E-state index in [1.54, 1.807) is 18.2 Å². The highest BCUT2D eigenvalue weighted by Crippen LogP contribution is 2.39. The molecule has 0 aromatic heterocycles. The van der Waals surface area contributed by atoms with Gasteiger partial charge in [0.05, 0.1) is 11.1 Å². The number of hydrogen-bond acceptors (Lipinski definition) is 6. The van der Waals surface area contributed by atoms with Crippen LogP contribution in [0.25, 0.3) is 0 Å². The SMILES string of the molecule is CC(C)c1cccc(C(C)C)c1NC(=O)C(=O)[C@H](C(=O)c1ccccc1O)[C@@H]1OC(=O)c2ccccc21. The number of nitrogens with one attached hydrogen (secondary N) is 1. The van der Waals surface area contributed by atoms with Gasteiger partial charge in [-0.05, 0) is 41.2 Å². The fourth-order valence-electron chi connectivity index (χ4n) is 4.68. The average Bonchev–Trinajstić information content (AvgIpc) is 3.20. The number of para-hydroxylation sites is 2. The lowest BCUT2D eigenvalue weighted by molar-refractivity contribution is -0.138. The summed E-state index contributed by atoms with van der Waals surface area (Å²) in [4.78, 5) is 53.4. The number of amides is 1. The first-order chi connectivity index (χ1) is 17.6. The summed E-state index contributed by atoms with van der Waals surface area (Å²) in [5.41, 5.74) is 2.67. The van der Waals surface area contributed by atoms with Crippen LogP contribution >= 0.6 is 0 Å². The number of fused-ring (bicyclic) bond motifs is 1. The number of Topliss-reactive ketones (excluding diaryl/α,β-unsaturated/α-hetero) is 2. The molecule has 7 nitrogen and oxygen atoms in total. The maximum atomic E-state index is 13.7. The number of cyclic esters (lactones) is 1. The third-order valence-electron chi connectivity index (χ3n) is 6.59. The van der Waals surface area contributed by atoms with Gasteiger partial charge in [-0.25, -0.2) is 4.79 Å². The molecule has 3 aromatic rings. The largest absolute Gasteiger partial charge is 0.507 e. The minimum absolute atomic E-state index is 0.0606. The highest BCUT2D eigenvalue weighted by Gasteiger charge is 2.46. The number of anilines is 1. The number of phenolic OH excluding ortho intramolecular Hbond substituents is 1. The molecule has 0 radical (unpaired) electrons. The Morgan fingerprint density at radius 3 is 2.05 bits per heavy atom. The summed E-state index contributed by atoms with van der Waals surface area (Å²) in [7, 11) is 0. The smallest absolute Gasteiger partial charge is 0.339 e. The Labute approximate surface area is 215 Å². The second-order valence-corrected chi connectivity index (χ2v) is 9.71. The zero-order valence-corrected chi connectivity index (χ0v) is 21.1. The van der Waals surface area contributed by atoms with Gasteiger partial charge in [0, 0.05) is 11.3 Å². The summed E-state index contributed by atoms with van der Waals surface area (Å²) in [5.74, 6) is -5.45. The van der Waals surface area contributed by atoms with Crippen molar-refractivity contribution in [2.45, 2.75) is 45.6 Å². The van der Waals surface area contributed by atoms with Crippen molar-refractivity contribution in [1.29, 1.82) is 0 Å². The van der Waals surface area contributed by atoms with Crippen molar-refractivity contribution < 1.29 is 29.0 Å². The van der Waals surface area contributed by atoms with Crippen LogP contribution in [-0.2, 0) is 14.3 Å². The second-order valence-electron chi connectivity index (χ2n) is 9.71. The van der Waals surface area contributed by atoms with Crippen molar-refractivity contribution in [3.05, 3.63) is 94.5 Å². The van der Waals surface area contributed by atoms with E-state index in [0.29, 0.717) is 11.3 Å². The molecule has 37 heavy (non-hydrogen) atoms. The number of rotatable bonds is 8. The molecule has 1 aliphatic heterocycles. The summed E-state index contributed by atoms with van der Waals surface area (Å²) in [6.07, 6.45) is -1.31. The molecular formula is C30H29NO6. The number of carbonyl (C=O) groups excluding carboxylic acids is 4. The van der Waals surface area contributed by atoms with Gasteiger partial charge >= 0.3 is 5.97 Å². The molecule has 0 unspecified atom stereocenters. The molecule has 2 atom stereocenters. The van der Waals surface area contributed by atoms with Gasteiger partial charge in [-0.15, -0.1) is 0 Å². The lowest BCUT2D eigenvalue weighted by Crippen LogP contribution is -2.38. The van der Waals surface area contributed by atoms with E-state index in [-0.39, 0.29) is 28.7 Å². The molecule has 190 valence electrons. The van der Waals surface area contributed by atoms with Crippen LogP contribution < -0.4 is 5.32 Å². The lowest BCUT2D eigenvalue weighted by atomic mass is 9.84. The van der Waals surface area contributed by atoms with Crippen molar-refractivity contribution in [3.63, 3.8) is 0 Å². The summed E-state index contributed by atoms with van der Waals surface area (Å²) < 4.78 is 5.48. The van der Waals surface area contributed by atoms with Gasteiger partial charge in [-0.3, -0.25) is 14.4 Å². The van der Waals surface area contributed by atoms with Crippen LogP contribution in [0, 0.1) is 5.92 Å². The third-order valence-corrected chi connectivity index (χ3v) is 6.59. The first kappa shape index (κ1) is 25.8. The van der Waals surface area contributed by atoms with E-state index in [0.717, 1.165) is 11.1 Å². The van der Waals surface area contributed by atoms with Crippen molar-refractivity contribution in [1.82, 2.24) is 0 Å². The van der Waals surface area contributed by atoms with E-state index in [1.807, 2.05) is 45.9 Å². The standard InChI is InChI=1S/C30H29NO6/c1-16(2)18-13-9-14-19(17(3)4)25(18)31-29(35)27(34)24(26(33)22-12-7-8-15-23(22)32)28-20-10-5-6-11-21(20)30(36)37-28/h5-17,24,28,32H,1-4H3,(H,31,35)/t24-,28+/m0/s1. The number of phenols is 1. The van der Waals surface area contributed by atoms with Crippen molar-refractivity contribution in [2.24, 2.45) is 5.92 Å². The normalized spacial score (nSPS) is 15.3. The van der Waals surface area contributed by atoms with Crippen molar-refractivity contribution in [2.75, 3.05) is 5.32 Å². The number of benzene rings is 3. The molecule has 0 saturated carbocycles. The first-order valence-electron chi connectivity index (χ1n) is 12.2. The number of aromatic hydroxyl groups is 1. The predicted molar refractivity (Wildman–Crippen MR) is 139 cm³/mol. The molecule has 0 saturated heterocycles. The molecule has 0 aliphatic carbocycles. The monoisotopic (exact) mass is 499 g/mol. The highest BCUT2D eigenvalue weighted by atomic mass is 16.5. The summed E-state index contributed by atoms with van der Waals surface area (Å²) in [6.45, 7) is 7.93. The maximum absolute atomic E-state index is 13.7. The Morgan fingerprint density at radius 1 is 0.838 bits per heavy atom. The quantitative estimate of drug-likeness (QED) is 0.182. The van der Waals surface area contributed by atoms with Crippen LogP contribution in [0.2, 0.25) is 0 Å². The lowest BCUT2D eigenvalue weighted by Gasteiger charge is -2.23. The fourth-order valence-corrected chi connectivity index (χ4v) is 4.68. The van der Waals surface area contributed by atoms with Crippen LogP contribution in [0.5, 0.6) is 5.75 Å². The molecule has 7 heteroatoms. The molecule has 2 N–H and O–H groups in total. The first-order valence-corrected chi connectivity index (χ1v) is 12.2. The minimum Gasteiger partial charge on any atom is -0.507 e. The molecule has 0 fully saturated rings. The zero-order chi connectivity index (χ0) is 26.9. The third kappa shape index (κ3) is 4.89. The van der Waals surface area contributed by atoms with E-state index < -0.39 is 35.5 Å². The zero-order valence-electron chi connectivity index (χ0n) is 21.1. The van der Waals surface area contributed by atoms with E-state index >= 15 is 0 Å². The second kappa shape index (κ2) is 10.4. The molecular weight excluding hydrogens is 470 g/mol. The maximum Gasteiger partial charge on any atom is 0.339 e.